The van der Waals surface area contributed by atoms with Gasteiger partial charge < -0.3 is 10.1 Å². The lowest BCUT2D eigenvalue weighted by Gasteiger charge is -2.11. The van der Waals surface area contributed by atoms with E-state index in [1.54, 1.807) is 0 Å². The van der Waals surface area contributed by atoms with Crippen LogP contribution >= 0.6 is 12.4 Å². The van der Waals surface area contributed by atoms with Gasteiger partial charge in [0.15, 0.2) is 11.6 Å². The van der Waals surface area contributed by atoms with Crippen molar-refractivity contribution in [2.45, 2.75) is 30.2 Å². The summed E-state index contributed by atoms with van der Waals surface area (Å²) in [5, 5.41) is 3.30. The Labute approximate surface area is 130 Å². The third kappa shape index (κ3) is 4.81. The van der Waals surface area contributed by atoms with E-state index < -0.39 is 15.8 Å². The molecule has 0 radical (unpaired) electrons. The fourth-order valence-corrected chi connectivity index (χ4v) is 3.33. The summed E-state index contributed by atoms with van der Waals surface area (Å²) in [7, 11) is -2.34. The van der Waals surface area contributed by atoms with Gasteiger partial charge in [-0.1, -0.05) is 0 Å². The zero-order valence-corrected chi connectivity index (χ0v) is 13.4. The SMILES string of the molecule is COc1ccc(S(=O)(=O)NCC[C@H]2CCCN2)cc1F.Cl. The van der Waals surface area contributed by atoms with Gasteiger partial charge in [0, 0.05) is 12.6 Å². The first-order valence-corrected chi connectivity index (χ1v) is 8.08. The number of rotatable bonds is 6. The minimum Gasteiger partial charge on any atom is -0.494 e. The molecule has 5 nitrogen and oxygen atoms in total. The van der Waals surface area contributed by atoms with Crippen LogP contribution < -0.4 is 14.8 Å². The van der Waals surface area contributed by atoms with Crippen LogP contribution in [0.4, 0.5) is 4.39 Å². The number of hydrogen-bond donors (Lipinski definition) is 2. The van der Waals surface area contributed by atoms with Crippen LogP contribution in [0, 0.1) is 5.82 Å². The molecule has 8 heteroatoms. The number of benzene rings is 1. The van der Waals surface area contributed by atoms with Crippen molar-refractivity contribution < 1.29 is 17.5 Å². The number of halogens is 2. The van der Waals surface area contributed by atoms with E-state index >= 15 is 0 Å². The maximum absolute atomic E-state index is 13.5. The highest BCUT2D eigenvalue weighted by molar-refractivity contribution is 7.89. The second-order valence-electron chi connectivity index (χ2n) is 4.78. The lowest BCUT2D eigenvalue weighted by molar-refractivity contribution is 0.385. The summed E-state index contributed by atoms with van der Waals surface area (Å²) in [5.74, 6) is -0.660. The van der Waals surface area contributed by atoms with Crippen LogP contribution in [0.2, 0.25) is 0 Å². The van der Waals surface area contributed by atoms with Crippen LogP contribution in [0.25, 0.3) is 0 Å². The third-order valence-corrected chi connectivity index (χ3v) is 4.84. The first-order chi connectivity index (χ1) is 9.53. The molecule has 1 aliphatic rings. The van der Waals surface area contributed by atoms with Gasteiger partial charge in [0.1, 0.15) is 0 Å². The van der Waals surface area contributed by atoms with Gasteiger partial charge in [-0.15, -0.1) is 12.4 Å². The van der Waals surface area contributed by atoms with E-state index in [9.17, 15) is 12.8 Å². The fraction of sp³-hybridized carbons (Fsp3) is 0.538. The maximum Gasteiger partial charge on any atom is 0.240 e. The molecule has 2 rings (SSSR count). The van der Waals surface area contributed by atoms with E-state index in [0.717, 1.165) is 31.9 Å². The highest BCUT2D eigenvalue weighted by Crippen LogP contribution is 2.20. The molecule has 0 aromatic heterocycles. The molecule has 0 aliphatic carbocycles. The van der Waals surface area contributed by atoms with Gasteiger partial charge in [-0.25, -0.2) is 17.5 Å². The summed E-state index contributed by atoms with van der Waals surface area (Å²) in [6.45, 7) is 1.33. The summed E-state index contributed by atoms with van der Waals surface area (Å²) in [6, 6.07) is 3.97. The smallest absolute Gasteiger partial charge is 0.240 e. The normalized spacial score (nSPS) is 18.3. The molecule has 0 spiro atoms. The van der Waals surface area contributed by atoms with E-state index in [2.05, 4.69) is 10.0 Å². The average Bonchev–Trinajstić information content (AvgIpc) is 2.91. The number of ether oxygens (including phenoxy) is 1. The van der Waals surface area contributed by atoms with E-state index in [1.807, 2.05) is 0 Å². The van der Waals surface area contributed by atoms with Gasteiger partial charge in [0.25, 0.3) is 0 Å². The van der Waals surface area contributed by atoms with E-state index in [1.165, 1.54) is 19.2 Å². The monoisotopic (exact) mass is 338 g/mol. The molecule has 0 amide bonds. The average molecular weight is 339 g/mol. The van der Waals surface area contributed by atoms with Crippen LogP contribution in [-0.4, -0.2) is 34.7 Å². The van der Waals surface area contributed by atoms with E-state index in [4.69, 9.17) is 4.74 Å². The Hall–Kier alpha value is -0.890. The van der Waals surface area contributed by atoms with E-state index in [-0.39, 0.29) is 23.1 Å². The Balaban J connectivity index is 0.00000220. The number of methoxy groups -OCH3 is 1. The predicted molar refractivity (Wildman–Crippen MR) is 81.0 cm³/mol. The Morgan fingerprint density at radius 3 is 2.81 bits per heavy atom. The van der Waals surface area contributed by atoms with Crippen LogP contribution in [0.15, 0.2) is 23.1 Å². The molecule has 0 unspecified atom stereocenters. The standard InChI is InChI=1S/C13H19FN2O3S.ClH/c1-19-13-5-4-11(9-12(13)14)20(17,18)16-8-6-10-3-2-7-15-10;/h4-5,9-10,15-16H,2-3,6-8H2,1H3;1H/t10-;/m1./s1. The van der Waals surface area contributed by atoms with E-state index in [0.29, 0.717) is 12.6 Å². The van der Waals surface area contributed by atoms with Crippen molar-refractivity contribution in [2.75, 3.05) is 20.2 Å². The minimum absolute atomic E-state index is 0. The zero-order chi connectivity index (χ0) is 14.6. The first-order valence-electron chi connectivity index (χ1n) is 6.59. The van der Waals surface area contributed by atoms with Crippen LogP contribution in [0.3, 0.4) is 0 Å². The van der Waals surface area contributed by atoms with Gasteiger partial charge in [0.05, 0.1) is 12.0 Å². The van der Waals surface area contributed by atoms with Crippen molar-refractivity contribution in [1.29, 1.82) is 0 Å². The Kier molecular flexibility index (Phi) is 6.86. The van der Waals surface area contributed by atoms with Gasteiger partial charge in [0.2, 0.25) is 10.0 Å². The minimum atomic E-state index is -3.67. The number of nitrogens with one attached hydrogen (secondary N) is 2. The lowest BCUT2D eigenvalue weighted by atomic mass is 10.2. The Morgan fingerprint density at radius 1 is 1.48 bits per heavy atom. The number of hydrogen-bond acceptors (Lipinski definition) is 4. The quantitative estimate of drug-likeness (QED) is 0.828. The molecule has 21 heavy (non-hydrogen) atoms. The van der Waals surface area contributed by atoms with Crippen LogP contribution in [0.5, 0.6) is 5.75 Å². The molecular weight excluding hydrogens is 319 g/mol. The molecule has 1 aliphatic heterocycles. The largest absolute Gasteiger partial charge is 0.494 e. The third-order valence-electron chi connectivity index (χ3n) is 3.38. The molecule has 1 saturated heterocycles. The summed E-state index contributed by atoms with van der Waals surface area (Å²) in [4.78, 5) is -0.0878. The van der Waals surface area contributed by atoms with Crippen molar-refractivity contribution >= 4 is 22.4 Å². The summed E-state index contributed by atoms with van der Waals surface area (Å²) in [5.41, 5.74) is 0. The molecule has 1 fully saturated rings. The first kappa shape index (κ1) is 18.2. The van der Waals surface area contributed by atoms with Crippen molar-refractivity contribution in [2.24, 2.45) is 0 Å². The summed E-state index contributed by atoms with van der Waals surface area (Å²) >= 11 is 0. The molecule has 1 atom stereocenters. The highest BCUT2D eigenvalue weighted by atomic mass is 35.5. The lowest BCUT2D eigenvalue weighted by Crippen LogP contribution is -2.30. The molecule has 1 heterocycles. The van der Waals surface area contributed by atoms with Gasteiger partial charge in [-0.05, 0) is 44.0 Å². The highest BCUT2D eigenvalue weighted by Gasteiger charge is 2.18. The van der Waals surface area contributed by atoms with Gasteiger partial charge in [-0.3, -0.25) is 0 Å². The second kappa shape index (κ2) is 7.93. The fourth-order valence-electron chi connectivity index (χ4n) is 2.27. The molecule has 1 aromatic carbocycles. The summed E-state index contributed by atoms with van der Waals surface area (Å²) < 4.78 is 44.8. The second-order valence-corrected chi connectivity index (χ2v) is 6.54. The van der Waals surface area contributed by atoms with Crippen LogP contribution in [-0.2, 0) is 10.0 Å². The summed E-state index contributed by atoms with van der Waals surface area (Å²) in [6.07, 6.45) is 2.93. The number of sulfonamides is 1. The van der Waals surface area contributed by atoms with Crippen molar-refractivity contribution in [1.82, 2.24) is 10.0 Å². The molecule has 1 aromatic rings. The Bertz CT molecular complexity index is 563. The maximum atomic E-state index is 13.5. The van der Waals surface area contributed by atoms with Gasteiger partial charge >= 0.3 is 0 Å². The predicted octanol–water partition coefficient (Wildman–Crippen LogP) is 1.68. The van der Waals surface area contributed by atoms with Crippen molar-refractivity contribution in [3.05, 3.63) is 24.0 Å². The van der Waals surface area contributed by atoms with Crippen molar-refractivity contribution in [3.63, 3.8) is 0 Å². The molecule has 120 valence electrons. The molecule has 2 N–H and O–H groups in total. The zero-order valence-electron chi connectivity index (χ0n) is 11.8. The molecule has 0 saturated carbocycles. The van der Waals surface area contributed by atoms with Gasteiger partial charge in [-0.2, -0.15) is 0 Å². The molecule has 0 bridgehead atoms. The Morgan fingerprint density at radius 2 is 2.24 bits per heavy atom. The molecular formula is C13H20ClFN2O3S. The topological polar surface area (TPSA) is 67.4 Å². The van der Waals surface area contributed by atoms with Crippen LogP contribution in [0.1, 0.15) is 19.3 Å². The van der Waals surface area contributed by atoms with Crippen molar-refractivity contribution in [3.8, 4) is 5.75 Å².